The van der Waals surface area contributed by atoms with Crippen LogP contribution in [0.15, 0.2) is 18.2 Å². The Bertz CT molecular complexity index is 440. The predicted octanol–water partition coefficient (Wildman–Crippen LogP) is 3.06. The quantitative estimate of drug-likeness (QED) is 0.842. The zero-order chi connectivity index (χ0) is 14.0. The van der Waals surface area contributed by atoms with E-state index in [1.807, 2.05) is 4.90 Å². The highest BCUT2D eigenvalue weighted by atomic mass is 19.4. The van der Waals surface area contributed by atoms with Crippen molar-refractivity contribution in [3.05, 3.63) is 18.2 Å². The maximum Gasteiger partial charge on any atom is 0.391 e. The summed E-state index contributed by atoms with van der Waals surface area (Å²) >= 11 is 0. The van der Waals surface area contributed by atoms with E-state index in [4.69, 9.17) is 10.5 Å². The Morgan fingerprint density at radius 3 is 2.42 bits per heavy atom. The van der Waals surface area contributed by atoms with Crippen LogP contribution in [0.1, 0.15) is 12.8 Å². The molecule has 6 heteroatoms. The summed E-state index contributed by atoms with van der Waals surface area (Å²) in [5.41, 5.74) is 7.19. The summed E-state index contributed by atoms with van der Waals surface area (Å²) in [5.74, 6) is -0.544. The van der Waals surface area contributed by atoms with Gasteiger partial charge < -0.3 is 15.4 Å². The van der Waals surface area contributed by atoms with Crippen molar-refractivity contribution in [3.8, 4) is 5.75 Å². The molecular weight excluding hydrogens is 257 g/mol. The maximum absolute atomic E-state index is 12.6. The van der Waals surface area contributed by atoms with Crippen molar-refractivity contribution < 1.29 is 17.9 Å². The average Bonchev–Trinajstić information content (AvgIpc) is 2.38. The second kappa shape index (κ2) is 5.19. The van der Waals surface area contributed by atoms with E-state index < -0.39 is 12.1 Å². The van der Waals surface area contributed by atoms with Gasteiger partial charge in [0.05, 0.1) is 24.4 Å². The van der Waals surface area contributed by atoms with E-state index in [0.29, 0.717) is 24.5 Å². The molecule has 2 rings (SSSR count). The molecule has 0 atom stereocenters. The van der Waals surface area contributed by atoms with Crippen molar-refractivity contribution in [2.45, 2.75) is 19.0 Å². The van der Waals surface area contributed by atoms with E-state index in [0.717, 1.165) is 5.69 Å². The van der Waals surface area contributed by atoms with Gasteiger partial charge in [0, 0.05) is 19.2 Å². The van der Waals surface area contributed by atoms with Crippen molar-refractivity contribution in [1.82, 2.24) is 0 Å². The monoisotopic (exact) mass is 274 g/mol. The number of ether oxygens (including phenoxy) is 1. The lowest BCUT2D eigenvalue weighted by Crippen LogP contribution is -2.39. The third kappa shape index (κ3) is 3.05. The van der Waals surface area contributed by atoms with Crippen LogP contribution in [0.3, 0.4) is 0 Å². The minimum atomic E-state index is -4.09. The molecule has 1 aromatic rings. The molecule has 0 aromatic heterocycles. The molecule has 1 saturated heterocycles. The van der Waals surface area contributed by atoms with Crippen LogP contribution in [0.2, 0.25) is 0 Å². The van der Waals surface area contributed by atoms with E-state index in [2.05, 4.69) is 0 Å². The van der Waals surface area contributed by atoms with E-state index in [1.165, 1.54) is 0 Å². The Morgan fingerprint density at radius 1 is 1.26 bits per heavy atom. The summed E-state index contributed by atoms with van der Waals surface area (Å²) < 4.78 is 42.9. The second-order valence-corrected chi connectivity index (χ2v) is 4.73. The highest BCUT2D eigenvalue weighted by Crippen LogP contribution is 2.37. The standard InChI is InChI=1S/C13H17F3N2O/c1-19-10-2-3-11(17)12(8-10)18-6-4-9(5-7-18)13(14,15)16/h2-3,8-9H,4-7,17H2,1H3. The lowest BCUT2D eigenvalue weighted by Gasteiger charge is -2.35. The van der Waals surface area contributed by atoms with Crippen LogP contribution in [0.5, 0.6) is 5.75 Å². The van der Waals surface area contributed by atoms with Gasteiger partial charge in [0.1, 0.15) is 5.75 Å². The Labute approximate surface area is 110 Å². The Hall–Kier alpha value is -1.59. The Kier molecular flexibility index (Phi) is 3.78. The molecule has 1 aliphatic rings. The van der Waals surface area contributed by atoms with Crippen LogP contribution in [-0.4, -0.2) is 26.4 Å². The largest absolute Gasteiger partial charge is 0.497 e. The number of piperidine rings is 1. The predicted molar refractivity (Wildman–Crippen MR) is 68.4 cm³/mol. The lowest BCUT2D eigenvalue weighted by atomic mass is 9.96. The number of methoxy groups -OCH3 is 1. The number of alkyl halides is 3. The Balaban J connectivity index is 2.09. The number of hydrogen-bond acceptors (Lipinski definition) is 3. The number of anilines is 2. The van der Waals surface area contributed by atoms with E-state index in [1.54, 1.807) is 25.3 Å². The third-order valence-electron chi connectivity index (χ3n) is 3.54. The van der Waals surface area contributed by atoms with Crippen molar-refractivity contribution in [1.29, 1.82) is 0 Å². The first-order valence-corrected chi connectivity index (χ1v) is 6.17. The normalized spacial score (nSPS) is 17.6. The summed E-state index contributed by atoms with van der Waals surface area (Å²) in [7, 11) is 1.55. The molecule has 0 aliphatic carbocycles. The van der Waals surface area contributed by atoms with Gasteiger partial charge in [-0.2, -0.15) is 13.2 Å². The highest BCUT2D eigenvalue weighted by Gasteiger charge is 2.41. The highest BCUT2D eigenvalue weighted by molar-refractivity contribution is 5.69. The molecule has 0 radical (unpaired) electrons. The molecule has 0 saturated carbocycles. The summed E-state index contributed by atoms with van der Waals surface area (Å²) in [5, 5.41) is 0. The fourth-order valence-corrected chi connectivity index (χ4v) is 2.37. The van der Waals surface area contributed by atoms with Crippen molar-refractivity contribution in [3.63, 3.8) is 0 Å². The van der Waals surface area contributed by atoms with Crippen LogP contribution in [0.25, 0.3) is 0 Å². The Morgan fingerprint density at radius 2 is 1.89 bits per heavy atom. The van der Waals surface area contributed by atoms with Crippen LogP contribution < -0.4 is 15.4 Å². The van der Waals surface area contributed by atoms with Gasteiger partial charge in [0.2, 0.25) is 0 Å². The van der Waals surface area contributed by atoms with Crippen LogP contribution in [0, 0.1) is 5.92 Å². The van der Waals surface area contributed by atoms with Gasteiger partial charge in [-0.3, -0.25) is 0 Å². The SMILES string of the molecule is COc1ccc(N)c(N2CCC(C(F)(F)F)CC2)c1. The minimum absolute atomic E-state index is 0.111. The molecule has 1 fully saturated rings. The van der Waals surface area contributed by atoms with Gasteiger partial charge in [-0.05, 0) is 25.0 Å². The number of benzene rings is 1. The fourth-order valence-electron chi connectivity index (χ4n) is 2.37. The topological polar surface area (TPSA) is 38.5 Å². The molecule has 0 amide bonds. The van der Waals surface area contributed by atoms with Gasteiger partial charge in [-0.1, -0.05) is 0 Å². The van der Waals surface area contributed by atoms with Gasteiger partial charge in [0.25, 0.3) is 0 Å². The number of nitrogen functional groups attached to an aromatic ring is 1. The summed E-state index contributed by atoms with van der Waals surface area (Å²) in [6, 6.07) is 5.22. The second-order valence-electron chi connectivity index (χ2n) is 4.73. The van der Waals surface area contributed by atoms with Crippen molar-refractivity contribution in [2.24, 2.45) is 5.92 Å². The number of hydrogen-bond donors (Lipinski definition) is 1. The van der Waals surface area contributed by atoms with E-state index >= 15 is 0 Å². The van der Waals surface area contributed by atoms with Gasteiger partial charge >= 0.3 is 6.18 Å². The zero-order valence-corrected chi connectivity index (χ0v) is 10.7. The molecule has 1 aliphatic heterocycles. The lowest BCUT2D eigenvalue weighted by molar-refractivity contribution is -0.179. The molecule has 0 unspecified atom stereocenters. The maximum atomic E-state index is 12.6. The fraction of sp³-hybridized carbons (Fsp3) is 0.538. The molecule has 1 heterocycles. The molecule has 1 aromatic carbocycles. The van der Waals surface area contributed by atoms with E-state index in [9.17, 15) is 13.2 Å². The van der Waals surface area contributed by atoms with Gasteiger partial charge in [0.15, 0.2) is 0 Å². The molecule has 2 N–H and O–H groups in total. The molecule has 106 valence electrons. The number of nitrogens with two attached hydrogens (primary N) is 1. The summed E-state index contributed by atoms with van der Waals surface area (Å²) in [6.07, 6.45) is -3.87. The molecule has 19 heavy (non-hydrogen) atoms. The third-order valence-corrected chi connectivity index (χ3v) is 3.54. The molecular formula is C13H17F3N2O. The van der Waals surface area contributed by atoms with E-state index in [-0.39, 0.29) is 12.8 Å². The first kappa shape index (κ1) is 13.8. The molecule has 0 bridgehead atoms. The van der Waals surface area contributed by atoms with Crippen molar-refractivity contribution in [2.75, 3.05) is 30.8 Å². The average molecular weight is 274 g/mol. The van der Waals surface area contributed by atoms with Gasteiger partial charge in [-0.25, -0.2) is 0 Å². The minimum Gasteiger partial charge on any atom is -0.497 e. The van der Waals surface area contributed by atoms with Crippen LogP contribution in [0.4, 0.5) is 24.5 Å². The number of nitrogens with zero attached hydrogens (tertiary/aromatic N) is 1. The smallest absolute Gasteiger partial charge is 0.391 e. The summed E-state index contributed by atoms with van der Waals surface area (Å²) in [6.45, 7) is 0.725. The van der Waals surface area contributed by atoms with Crippen molar-refractivity contribution >= 4 is 11.4 Å². The molecule has 3 nitrogen and oxygen atoms in total. The summed E-state index contributed by atoms with van der Waals surface area (Å²) in [4.78, 5) is 1.89. The first-order valence-electron chi connectivity index (χ1n) is 6.17. The van der Waals surface area contributed by atoms with Gasteiger partial charge in [-0.15, -0.1) is 0 Å². The number of rotatable bonds is 2. The molecule has 0 spiro atoms. The first-order chi connectivity index (χ1) is 8.91. The van der Waals surface area contributed by atoms with Crippen LogP contribution in [-0.2, 0) is 0 Å². The number of halogens is 3. The zero-order valence-electron chi connectivity index (χ0n) is 10.7. The van der Waals surface area contributed by atoms with Crippen LogP contribution >= 0.6 is 0 Å².